The molecule has 1 N–H and O–H groups in total. The maximum absolute atomic E-state index is 3.55. The van der Waals surface area contributed by atoms with E-state index in [4.69, 9.17) is 0 Å². The Balaban J connectivity index is 2.01. The average molecular weight is 226 g/mol. The maximum atomic E-state index is 3.55. The molecule has 16 heavy (non-hydrogen) atoms. The molecule has 1 saturated heterocycles. The van der Waals surface area contributed by atoms with Gasteiger partial charge in [0.2, 0.25) is 0 Å². The third-order valence-electron chi connectivity index (χ3n) is 3.92. The number of nitrogens with zero attached hydrogens (tertiary/aromatic N) is 1. The van der Waals surface area contributed by atoms with Gasteiger partial charge in [-0.2, -0.15) is 0 Å². The molecule has 0 aliphatic carbocycles. The molecule has 2 unspecified atom stereocenters. The van der Waals surface area contributed by atoms with Gasteiger partial charge in [-0.15, -0.1) is 0 Å². The monoisotopic (exact) mass is 226 g/mol. The van der Waals surface area contributed by atoms with Gasteiger partial charge in [-0.3, -0.25) is 0 Å². The maximum Gasteiger partial charge on any atom is 0.0107 e. The fourth-order valence-electron chi connectivity index (χ4n) is 2.31. The number of hydrogen-bond donors (Lipinski definition) is 1. The molecular weight excluding hydrogens is 196 g/mol. The summed E-state index contributed by atoms with van der Waals surface area (Å²) in [5.74, 6) is 2.62. The molecule has 0 bridgehead atoms. The first-order valence-electron chi connectivity index (χ1n) is 7.02. The normalized spacial score (nSPS) is 27.6. The summed E-state index contributed by atoms with van der Waals surface area (Å²) in [5, 5.41) is 3.55. The van der Waals surface area contributed by atoms with Gasteiger partial charge in [0.1, 0.15) is 0 Å². The number of piperidine rings is 1. The van der Waals surface area contributed by atoms with Crippen LogP contribution >= 0.6 is 0 Å². The van der Waals surface area contributed by atoms with Crippen molar-refractivity contribution in [1.82, 2.24) is 10.2 Å². The summed E-state index contributed by atoms with van der Waals surface area (Å²) in [5.41, 5.74) is 0. The van der Waals surface area contributed by atoms with E-state index in [1.165, 1.54) is 39.0 Å². The summed E-state index contributed by atoms with van der Waals surface area (Å²) in [6, 6.07) is 0. The number of rotatable bonds is 6. The van der Waals surface area contributed by atoms with E-state index in [1.54, 1.807) is 0 Å². The van der Waals surface area contributed by atoms with Crippen LogP contribution in [0.3, 0.4) is 0 Å². The first kappa shape index (κ1) is 14.0. The molecule has 1 aliphatic heterocycles. The quantitative estimate of drug-likeness (QED) is 0.700. The Bertz CT molecular complexity index is 180. The van der Waals surface area contributed by atoms with E-state index in [1.807, 2.05) is 0 Å². The molecule has 0 saturated carbocycles. The minimum atomic E-state index is 0.823. The molecule has 2 heteroatoms. The van der Waals surface area contributed by atoms with Crippen LogP contribution in [0.1, 0.15) is 40.5 Å². The van der Waals surface area contributed by atoms with Crippen molar-refractivity contribution < 1.29 is 0 Å². The molecule has 0 spiro atoms. The SMILES string of the molecule is CC(C)CCNCCN1CCC(C)C(C)C1. The molecular formula is C14H30N2. The summed E-state index contributed by atoms with van der Waals surface area (Å²) in [6.45, 7) is 15.5. The van der Waals surface area contributed by atoms with Crippen molar-refractivity contribution in [3.8, 4) is 0 Å². The van der Waals surface area contributed by atoms with Crippen LogP contribution in [0.2, 0.25) is 0 Å². The lowest BCUT2D eigenvalue weighted by Gasteiger charge is -2.35. The summed E-state index contributed by atoms with van der Waals surface area (Å²) in [4.78, 5) is 2.62. The minimum absolute atomic E-state index is 0.823. The third-order valence-corrected chi connectivity index (χ3v) is 3.92. The highest BCUT2D eigenvalue weighted by Crippen LogP contribution is 2.21. The topological polar surface area (TPSA) is 15.3 Å². The zero-order valence-corrected chi connectivity index (χ0v) is 11.6. The summed E-state index contributed by atoms with van der Waals surface area (Å²) < 4.78 is 0. The Kier molecular flexibility index (Phi) is 6.37. The molecule has 96 valence electrons. The Labute approximate surface area is 102 Å². The van der Waals surface area contributed by atoms with E-state index in [9.17, 15) is 0 Å². The fraction of sp³-hybridized carbons (Fsp3) is 1.00. The number of likely N-dealkylation sites (tertiary alicyclic amines) is 1. The van der Waals surface area contributed by atoms with Crippen LogP contribution in [0, 0.1) is 17.8 Å². The van der Waals surface area contributed by atoms with E-state index < -0.39 is 0 Å². The van der Waals surface area contributed by atoms with Gasteiger partial charge >= 0.3 is 0 Å². The largest absolute Gasteiger partial charge is 0.315 e. The lowest BCUT2D eigenvalue weighted by atomic mass is 9.89. The van der Waals surface area contributed by atoms with Crippen molar-refractivity contribution in [2.45, 2.75) is 40.5 Å². The summed E-state index contributed by atoms with van der Waals surface area (Å²) in [6.07, 6.45) is 2.68. The van der Waals surface area contributed by atoms with Gasteiger partial charge in [0, 0.05) is 19.6 Å². The van der Waals surface area contributed by atoms with E-state index >= 15 is 0 Å². The Morgan fingerprint density at radius 2 is 1.94 bits per heavy atom. The molecule has 0 aromatic carbocycles. The molecule has 0 aromatic rings. The summed E-state index contributed by atoms with van der Waals surface area (Å²) >= 11 is 0. The fourth-order valence-corrected chi connectivity index (χ4v) is 2.31. The third kappa shape index (κ3) is 5.31. The van der Waals surface area contributed by atoms with Crippen molar-refractivity contribution in [2.24, 2.45) is 17.8 Å². The lowest BCUT2D eigenvalue weighted by molar-refractivity contribution is 0.139. The van der Waals surface area contributed by atoms with Crippen molar-refractivity contribution in [3.63, 3.8) is 0 Å². The van der Waals surface area contributed by atoms with Crippen molar-refractivity contribution in [3.05, 3.63) is 0 Å². The van der Waals surface area contributed by atoms with Gasteiger partial charge in [0.15, 0.2) is 0 Å². The molecule has 0 aromatic heterocycles. The molecule has 0 amide bonds. The molecule has 2 nitrogen and oxygen atoms in total. The second-order valence-corrected chi connectivity index (χ2v) is 5.98. The smallest absolute Gasteiger partial charge is 0.0107 e. The predicted molar refractivity (Wildman–Crippen MR) is 71.7 cm³/mol. The second kappa shape index (κ2) is 7.29. The van der Waals surface area contributed by atoms with Crippen LogP contribution in [-0.4, -0.2) is 37.6 Å². The Morgan fingerprint density at radius 1 is 1.19 bits per heavy atom. The van der Waals surface area contributed by atoms with Gasteiger partial charge in [0.25, 0.3) is 0 Å². The van der Waals surface area contributed by atoms with Gasteiger partial charge in [-0.05, 0) is 43.7 Å². The number of nitrogens with one attached hydrogen (secondary N) is 1. The second-order valence-electron chi connectivity index (χ2n) is 5.98. The van der Waals surface area contributed by atoms with E-state index in [0.717, 1.165) is 24.3 Å². The van der Waals surface area contributed by atoms with Gasteiger partial charge < -0.3 is 10.2 Å². The van der Waals surface area contributed by atoms with Crippen LogP contribution in [0.25, 0.3) is 0 Å². The van der Waals surface area contributed by atoms with Crippen LogP contribution in [0.15, 0.2) is 0 Å². The van der Waals surface area contributed by atoms with Gasteiger partial charge in [0.05, 0.1) is 0 Å². The Hall–Kier alpha value is -0.0800. The first-order chi connectivity index (χ1) is 7.59. The van der Waals surface area contributed by atoms with Crippen LogP contribution in [-0.2, 0) is 0 Å². The average Bonchev–Trinajstić information content (AvgIpc) is 2.22. The first-order valence-corrected chi connectivity index (χ1v) is 7.02. The molecule has 1 aliphatic rings. The molecule has 1 heterocycles. The molecule has 1 fully saturated rings. The van der Waals surface area contributed by atoms with Crippen molar-refractivity contribution in [1.29, 1.82) is 0 Å². The highest BCUT2D eigenvalue weighted by atomic mass is 15.1. The predicted octanol–water partition coefficient (Wildman–Crippen LogP) is 2.60. The van der Waals surface area contributed by atoms with Crippen LogP contribution in [0.5, 0.6) is 0 Å². The highest BCUT2D eigenvalue weighted by Gasteiger charge is 2.21. The zero-order chi connectivity index (χ0) is 12.0. The van der Waals surface area contributed by atoms with E-state index in [2.05, 4.69) is 37.9 Å². The molecule has 1 rings (SSSR count). The molecule has 0 radical (unpaired) electrons. The Morgan fingerprint density at radius 3 is 2.56 bits per heavy atom. The van der Waals surface area contributed by atoms with Crippen molar-refractivity contribution in [2.75, 3.05) is 32.7 Å². The number of hydrogen-bond acceptors (Lipinski definition) is 2. The van der Waals surface area contributed by atoms with E-state index in [0.29, 0.717) is 0 Å². The lowest BCUT2D eigenvalue weighted by Crippen LogP contribution is -2.41. The van der Waals surface area contributed by atoms with Crippen molar-refractivity contribution >= 4 is 0 Å². The molecule has 2 atom stereocenters. The van der Waals surface area contributed by atoms with Crippen LogP contribution < -0.4 is 5.32 Å². The standard InChI is InChI=1S/C14H30N2/c1-12(2)5-7-15-8-10-16-9-6-13(3)14(4)11-16/h12-15H,5-11H2,1-4H3. The summed E-state index contributed by atoms with van der Waals surface area (Å²) in [7, 11) is 0. The van der Waals surface area contributed by atoms with E-state index in [-0.39, 0.29) is 0 Å². The minimum Gasteiger partial charge on any atom is -0.315 e. The zero-order valence-electron chi connectivity index (χ0n) is 11.6. The van der Waals surface area contributed by atoms with Gasteiger partial charge in [-0.25, -0.2) is 0 Å². The van der Waals surface area contributed by atoms with Gasteiger partial charge in [-0.1, -0.05) is 27.7 Å². The van der Waals surface area contributed by atoms with Crippen LogP contribution in [0.4, 0.5) is 0 Å². The highest BCUT2D eigenvalue weighted by molar-refractivity contribution is 4.75.